The Morgan fingerprint density at radius 3 is 2.56 bits per heavy atom. The van der Waals surface area contributed by atoms with Crippen molar-refractivity contribution in [2.75, 3.05) is 0 Å². The standard InChI is InChI=1S/C28H19N3O5/c29-16-24-27(18-8-10-20(11-9-18)31(33)34)23-13-12-21(15-25(23)36-28(24)30)35-26(32)14-19-6-3-5-17-4-1-2-7-22(17)19/h1-13,15,27H,14,30H2. The second kappa shape index (κ2) is 9.24. The van der Waals surface area contributed by atoms with Crippen molar-refractivity contribution in [3.63, 3.8) is 0 Å². The molecule has 0 amide bonds. The van der Waals surface area contributed by atoms with E-state index in [1.165, 1.54) is 12.1 Å². The zero-order valence-corrected chi connectivity index (χ0v) is 18.9. The van der Waals surface area contributed by atoms with Gasteiger partial charge in [-0.15, -0.1) is 0 Å². The van der Waals surface area contributed by atoms with Crippen LogP contribution >= 0.6 is 0 Å². The Hall–Kier alpha value is -5.16. The molecule has 2 N–H and O–H groups in total. The molecule has 4 aromatic carbocycles. The van der Waals surface area contributed by atoms with Crippen LogP contribution in [-0.4, -0.2) is 10.9 Å². The fraction of sp³-hybridized carbons (Fsp3) is 0.0714. The maximum Gasteiger partial charge on any atom is 0.315 e. The summed E-state index contributed by atoms with van der Waals surface area (Å²) < 4.78 is 11.3. The van der Waals surface area contributed by atoms with Crippen LogP contribution in [0.25, 0.3) is 10.8 Å². The molecular formula is C28H19N3O5. The first-order valence-corrected chi connectivity index (χ1v) is 11.1. The predicted octanol–water partition coefficient (Wildman–Crippen LogP) is 5.11. The number of carbonyl (C=O) groups excluding carboxylic acids is 1. The summed E-state index contributed by atoms with van der Waals surface area (Å²) in [6.45, 7) is 0. The maximum absolute atomic E-state index is 12.7. The number of nitrogens with two attached hydrogens (primary N) is 1. The van der Waals surface area contributed by atoms with Crippen LogP contribution in [0.4, 0.5) is 5.69 Å². The van der Waals surface area contributed by atoms with Gasteiger partial charge in [-0.1, -0.05) is 60.7 Å². The second-order valence-corrected chi connectivity index (χ2v) is 8.26. The van der Waals surface area contributed by atoms with E-state index < -0.39 is 16.8 Å². The van der Waals surface area contributed by atoms with Crippen LogP contribution in [0.3, 0.4) is 0 Å². The Morgan fingerprint density at radius 2 is 1.81 bits per heavy atom. The van der Waals surface area contributed by atoms with Crippen molar-refractivity contribution in [3.05, 3.63) is 123 Å². The zero-order valence-electron chi connectivity index (χ0n) is 18.9. The third-order valence-corrected chi connectivity index (χ3v) is 6.07. The van der Waals surface area contributed by atoms with Crippen molar-refractivity contribution in [2.45, 2.75) is 12.3 Å². The van der Waals surface area contributed by atoms with Gasteiger partial charge in [-0.3, -0.25) is 14.9 Å². The van der Waals surface area contributed by atoms with E-state index in [0.29, 0.717) is 16.9 Å². The topological polar surface area (TPSA) is 128 Å². The minimum atomic E-state index is -0.583. The lowest BCUT2D eigenvalue weighted by molar-refractivity contribution is -0.384. The minimum Gasteiger partial charge on any atom is -0.440 e. The molecule has 5 rings (SSSR count). The van der Waals surface area contributed by atoms with E-state index in [4.69, 9.17) is 15.2 Å². The Balaban J connectivity index is 1.42. The molecule has 0 saturated carbocycles. The summed E-state index contributed by atoms with van der Waals surface area (Å²) in [5.41, 5.74) is 8.30. The molecule has 1 aliphatic heterocycles. The summed E-state index contributed by atoms with van der Waals surface area (Å²) in [4.78, 5) is 23.3. The van der Waals surface area contributed by atoms with Crippen molar-refractivity contribution in [1.82, 2.24) is 0 Å². The quantitative estimate of drug-likeness (QED) is 0.183. The first-order chi connectivity index (χ1) is 17.4. The molecule has 0 aromatic heterocycles. The third kappa shape index (κ3) is 4.21. The van der Waals surface area contributed by atoms with Gasteiger partial charge < -0.3 is 15.2 Å². The van der Waals surface area contributed by atoms with E-state index in [2.05, 4.69) is 6.07 Å². The molecule has 0 aliphatic carbocycles. The summed E-state index contributed by atoms with van der Waals surface area (Å²) in [6.07, 6.45) is 0.0886. The molecule has 8 heteroatoms. The van der Waals surface area contributed by atoms with Gasteiger partial charge in [0.2, 0.25) is 5.88 Å². The lowest BCUT2D eigenvalue weighted by atomic mass is 9.83. The number of hydrogen-bond donors (Lipinski definition) is 1. The number of benzene rings is 4. The van der Waals surface area contributed by atoms with Crippen LogP contribution in [0.2, 0.25) is 0 Å². The van der Waals surface area contributed by atoms with Crippen LogP contribution in [0.15, 0.2) is 96.4 Å². The highest BCUT2D eigenvalue weighted by molar-refractivity contribution is 5.89. The van der Waals surface area contributed by atoms with E-state index in [-0.39, 0.29) is 29.3 Å². The third-order valence-electron chi connectivity index (χ3n) is 6.07. The fourth-order valence-corrected chi connectivity index (χ4v) is 4.40. The number of non-ortho nitro benzene ring substituents is 1. The minimum absolute atomic E-state index is 0.0602. The molecule has 0 radical (unpaired) electrons. The van der Waals surface area contributed by atoms with Gasteiger partial charge in [0.15, 0.2) is 0 Å². The van der Waals surface area contributed by atoms with Crippen LogP contribution < -0.4 is 15.2 Å². The summed E-state index contributed by atoms with van der Waals surface area (Å²) in [7, 11) is 0. The summed E-state index contributed by atoms with van der Waals surface area (Å²) >= 11 is 0. The highest BCUT2D eigenvalue weighted by Gasteiger charge is 2.31. The molecule has 0 bridgehead atoms. The molecule has 0 spiro atoms. The number of rotatable bonds is 5. The van der Waals surface area contributed by atoms with Crippen molar-refractivity contribution in [2.24, 2.45) is 5.73 Å². The van der Waals surface area contributed by atoms with E-state index in [9.17, 15) is 20.2 Å². The summed E-state index contributed by atoms with van der Waals surface area (Å²) in [6, 6.07) is 26.5. The number of ether oxygens (including phenoxy) is 2. The lowest BCUT2D eigenvalue weighted by Gasteiger charge is -2.26. The lowest BCUT2D eigenvalue weighted by Crippen LogP contribution is -2.21. The molecule has 4 aromatic rings. The molecule has 176 valence electrons. The summed E-state index contributed by atoms with van der Waals surface area (Å²) in [5.74, 6) is -0.484. The first-order valence-electron chi connectivity index (χ1n) is 11.1. The normalized spacial score (nSPS) is 14.5. The Morgan fingerprint density at radius 1 is 1.06 bits per heavy atom. The largest absolute Gasteiger partial charge is 0.440 e. The van der Waals surface area contributed by atoms with Crippen molar-refractivity contribution in [1.29, 1.82) is 5.26 Å². The molecule has 1 atom stereocenters. The maximum atomic E-state index is 12.7. The van der Waals surface area contributed by atoms with E-state index in [1.54, 1.807) is 30.3 Å². The van der Waals surface area contributed by atoms with Crippen molar-refractivity contribution < 1.29 is 19.2 Å². The number of allylic oxidation sites excluding steroid dienone is 1. The van der Waals surface area contributed by atoms with Crippen LogP contribution in [0.5, 0.6) is 11.5 Å². The summed E-state index contributed by atoms with van der Waals surface area (Å²) in [5, 5.41) is 22.8. The van der Waals surface area contributed by atoms with E-state index >= 15 is 0 Å². The molecule has 0 saturated heterocycles. The molecule has 1 unspecified atom stereocenters. The van der Waals surface area contributed by atoms with Gasteiger partial charge >= 0.3 is 5.97 Å². The highest BCUT2D eigenvalue weighted by atomic mass is 16.6. The molecule has 1 heterocycles. The van der Waals surface area contributed by atoms with Crippen molar-refractivity contribution >= 4 is 22.4 Å². The van der Waals surface area contributed by atoms with Crippen LogP contribution in [0.1, 0.15) is 22.6 Å². The first kappa shape index (κ1) is 22.6. The van der Waals surface area contributed by atoms with Gasteiger partial charge in [-0.05, 0) is 28.0 Å². The number of nitro benzene ring substituents is 1. The Kier molecular flexibility index (Phi) is 5.80. The average Bonchev–Trinajstić information content (AvgIpc) is 2.88. The zero-order chi connectivity index (χ0) is 25.2. The monoisotopic (exact) mass is 477 g/mol. The second-order valence-electron chi connectivity index (χ2n) is 8.26. The number of nitrogens with zero attached hydrogens (tertiary/aromatic N) is 2. The highest BCUT2D eigenvalue weighted by Crippen LogP contribution is 2.43. The van der Waals surface area contributed by atoms with Crippen LogP contribution in [-0.2, 0) is 11.2 Å². The van der Waals surface area contributed by atoms with Gasteiger partial charge in [-0.25, -0.2) is 0 Å². The average molecular weight is 477 g/mol. The molecular weight excluding hydrogens is 458 g/mol. The number of nitriles is 1. The number of carbonyl (C=O) groups is 1. The number of nitro groups is 1. The Labute approximate surface area is 205 Å². The predicted molar refractivity (Wildman–Crippen MR) is 132 cm³/mol. The molecule has 36 heavy (non-hydrogen) atoms. The Bertz CT molecular complexity index is 1580. The van der Waals surface area contributed by atoms with Crippen molar-refractivity contribution in [3.8, 4) is 17.6 Å². The number of hydrogen-bond acceptors (Lipinski definition) is 7. The number of esters is 1. The van der Waals surface area contributed by atoms with Gasteiger partial charge in [0.05, 0.1) is 17.3 Å². The van der Waals surface area contributed by atoms with Gasteiger partial charge in [0.1, 0.15) is 23.1 Å². The number of fused-ring (bicyclic) bond motifs is 2. The van der Waals surface area contributed by atoms with Gasteiger partial charge in [-0.2, -0.15) is 5.26 Å². The molecule has 0 fully saturated rings. The van der Waals surface area contributed by atoms with Gasteiger partial charge in [0.25, 0.3) is 5.69 Å². The van der Waals surface area contributed by atoms with E-state index in [0.717, 1.165) is 16.3 Å². The van der Waals surface area contributed by atoms with Gasteiger partial charge in [0, 0.05) is 23.8 Å². The molecule has 8 nitrogen and oxygen atoms in total. The SMILES string of the molecule is N#CC1=C(N)Oc2cc(OC(=O)Cc3cccc4ccccc34)ccc2C1c1ccc([N+](=O)[O-])cc1. The fourth-order valence-electron chi connectivity index (χ4n) is 4.40. The smallest absolute Gasteiger partial charge is 0.315 e. The molecule has 1 aliphatic rings. The van der Waals surface area contributed by atoms with E-state index in [1.807, 2.05) is 42.5 Å². The van der Waals surface area contributed by atoms with Crippen LogP contribution in [0, 0.1) is 21.4 Å².